The van der Waals surface area contributed by atoms with Crippen LogP contribution in [0, 0.1) is 5.92 Å². The van der Waals surface area contributed by atoms with E-state index in [-0.39, 0.29) is 17.8 Å². The normalized spacial score (nSPS) is 20.0. The highest BCUT2D eigenvalue weighted by Gasteiger charge is 2.31. The van der Waals surface area contributed by atoms with Crippen LogP contribution in [0.5, 0.6) is 0 Å². The number of anilines is 1. The summed E-state index contributed by atoms with van der Waals surface area (Å²) in [5, 5.41) is 2.71. The van der Waals surface area contributed by atoms with Gasteiger partial charge in [0.15, 0.2) is 0 Å². The van der Waals surface area contributed by atoms with Crippen molar-refractivity contribution in [3.05, 3.63) is 52.6 Å². The van der Waals surface area contributed by atoms with E-state index in [0.717, 1.165) is 38.8 Å². The molecule has 1 aliphatic carbocycles. The maximum atomic E-state index is 12.8. The highest BCUT2D eigenvalue weighted by atomic mass is 16.2. The minimum atomic E-state index is -0.948. The van der Waals surface area contributed by atoms with Gasteiger partial charge in [-0.3, -0.25) is 19.6 Å². The van der Waals surface area contributed by atoms with Crippen LogP contribution < -0.4 is 22.5 Å². The standard InChI is InChI=1S/C30H46N8O3/c1-21(2)19-37(24-11-7-23(31)8-12-24)20-22-5-9-25(10-6-22)38-14-13-26(34-29(38)41)33-28(40)36-17-15-35(16-18-36)27(39)30(3,4)32/h5-6,9-10,13-14,21,23-24H,7-8,11-12,15-20,31-32H2,1-4H3,(H,33,34,40,41)/t23-,24-. The number of aromatic nitrogens is 2. The minimum absolute atomic E-state index is 0.141. The van der Waals surface area contributed by atoms with Crippen molar-refractivity contribution in [2.75, 3.05) is 38.0 Å². The van der Waals surface area contributed by atoms with Crippen LogP contribution >= 0.6 is 0 Å². The van der Waals surface area contributed by atoms with E-state index >= 15 is 0 Å². The lowest BCUT2D eigenvalue weighted by atomic mass is 9.90. The summed E-state index contributed by atoms with van der Waals surface area (Å²) in [7, 11) is 0. The highest BCUT2D eigenvalue weighted by molar-refractivity contribution is 5.89. The Bertz CT molecular complexity index is 1240. The second kappa shape index (κ2) is 13.1. The van der Waals surface area contributed by atoms with Crippen LogP contribution in [0.1, 0.15) is 58.9 Å². The van der Waals surface area contributed by atoms with Gasteiger partial charge in [-0.25, -0.2) is 9.59 Å². The average Bonchev–Trinajstić information content (AvgIpc) is 2.93. The summed E-state index contributed by atoms with van der Waals surface area (Å²) < 4.78 is 1.47. The molecule has 0 spiro atoms. The van der Waals surface area contributed by atoms with Gasteiger partial charge in [-0.1, -0.05) is 26.0 Å². The van der Waals surface area contributed by atoms with E-state index in [0.29, 0.717) is 49.9 Å². The quantitative estimate of drug-likeness (QED) is 0.445. The van der Waals surface area contributed by atoms with Gasteiger partial charge in [-0.2, -0.15) is 4.98 Å². The lowest BCUT2D eigenvalue weighted by Crippen LogP contribution is -2.58. The lowest BCUT2D eigenvalue weighted by Gasteiger charge is -2.37. The minimum Gasteiger partial charge on any atom is -0.338 e. The molecule has 2 aromatic rings. The zero-order chi connectivity index (χ0) is 29.7. The smallest absolute Gasteiger partial charge is 0.338 e. The van der Waals surface area contributed by atoms with Crippen LogP contribution in [-0.2, 0) is 11.3 Å². The van der Waals surface area contributed by atoms with E-state index in [1.807, 2.05) is 12.1 Å². The van der Waals surface area contributed by atoms with Crippen LogP contribution in [0.15, 0.2) is 41.3 Å². The summed E-state index contributed by atoms with van der Waals surface area (Å²) >= 11 is 0. The Hall–Kier alpha value is -3.28. The summed E-state index contributed by atoms with van der Waals surface area (Å²) in [5.41, 5.74) is 12.5. The summed E-state index contributed by atoms with van der Waals surface area (Å²) in [6.07, 6.45) is 6.05. The van der Waals surface area contributed by atoms with Gasteiger partial charge in [0.1, 0.15) is 5.82 Å². The molecule has 0 radical (unpaired) electrons. The van der Waals surface area contributed by atoms with Crippen LogP contribution in [0.2, 0.25) is 0 Å². The van der Waals surface area contributed by atoms with Gasteiger partial charge >= 0.3 is 11.7 Å². The summed E-state index contributed by atoms with van der Waals surface area (Å²) in [6.45, 7) is 11.3. The lowest BCUT2D eigenvalue weighted by molar-refractivity contribution is -0.137. The molecule has 2 heterocycles. The number of benzene rings is 1. The first-order chi connectivity index (χ1) is 19.4. The Morgan fingerprint density at radius 2 is 1.63 bits per heavy atom. The molecule has 5 N–H and O–H groups in total. The number of carbonyl (C=O) groups excluding carboxylic acids is 2. The summed E-state index contributed by atoms with van der Waals surface area (Å²) in [6, 6.07) is 10.1. The maximum Gasteiger partial charge on any atom is 0.354 e. The number of nitrogens with zero attached hydrogens (tertiary/aromatic N) is 5. The zero-order valence-corrected chi connectivity index (χ0v) is 24.9. The molecule has 0 unspecified atom stereocenters. The molecule has 2 fully saturated rings. The van der Waals surface area contributed by atoms with E-state index in [1.54, 1.807) is 35.9 Å². The average molecular weight is 567 g/mol. The Balaban J connectivity index is 1.35. The molecule has 2 aliphatic rings. The molecule has 4 rings (SSSR count). The second-order valence-corrected chi connectivity index (χ2v) is 12.5. The summed E-state index contributed by atoms with van der Waals surface area (Å²) in [5.74, 6) is 0.620. The number of nitrogens with one attached hydrogen (secondary N) is 1. The van der Waals surface area contributed by atoms with Gasteiger partial charge in [-0.15, -0.1) is 0 Å². The predicted octanol–water partition coefficient (Wildman–Crippen LogP) is 2.37. The first-order valence-electron chi connectivity index (χ1n) is 14.7. The largest absolute Gasteiger partial charge is 0.354 e. The molecular weight excluding hydrogens is 520 g/mol. The van der Waals surface area contributed by atoms with E-state index in [2.05, 4.69) is 41.2 Å². The van der Waals surface area contributed by atoms with Crippen molar-refractivity contribution in [1.82, 2.24) is 24.3 Å². The number of hydrogen-bond acceptors (Lipinski definition) is 7. The van der Waals surface area contributed by atoms with Crippen molar-refractivity contribution in [1.29, 1.82) is 0 Å². The fourth-order valence-corrected chi connectivity index (χ4v) is 5.65. The van der Waals surface area contributed by atoms with Gasteiger partial charge in [0, 0.05) is 57.5 Å². The zero-order valence-electron chi connectivity index (χ0n) is 24.9. The Morgan fingerprint density at radius 1 is 1.02 bits per heavy atom. The molecule has 1 saturated carbocycles. The number of amides is 3. The van der Waals surface area contributed by atoms with Crippen molar-refractivity contribution in [2.45, 2.75) is 77.5 Å². The van der Waals surface area contributed by atoms with Gasteiger partial charge in [0.05, 0.1) is 11.2 Å². The Kier molecular flexibility index (Phi) is 9.83. The van der Waals surface area contributed by atoms with Crippen molar-refractivity contribution in [3.8, 4) is 5.69 Å². The molecule has 1 aromatic heterocycles. The molecule has 0 bridgehead atoms. The monoisotopic (exact) mass is 566 g/mol. The number of piperazine rings is 1. The molecule has 11 heteroatoms. The number of hydrogen-bond donors (Lipinski definition) is 3. The first kappa shape index (κ1) is 30.7. The molecule has 1 aromatic carbocycles. The number of nitrogens with two attached hydrogens (primary N) is 2. The van der Waals surface area contributed by atoms with E-state index < -0.39 is 11.2 Å². The second-order valence-electron chi connectivity index (χ2n) is 12.5. The molecule has 11 nitrogen and oxygen atoms in total. The number of urea groups is 1. The van der Waals surface area contributed by atoms with Crippen molar-refractivity contribution < 1.29 is 9.59 Å². The van der Waals surface area contributed by atoms with Crippen molar-refractivity contribution in [2.24, 2.45) is 17.4 Å². The fourth-order valence-electron chi connectivity index (χ4n) is 5.65. The van der Waals surface area contributed by atoms with Crippen molar-refractivity contribution >= 4 is 17.8 Å². The number of carbonyl (C=O) groups is 2. The van der Waals surface area contributed by atoms with Gasteiger partial charge in [0.25, 0.3) is 0 Å². The molecule has 0 atom stereocenters. The van der Waals surface area contributed by atoms with Crippen LogP contribution in [0.25, 0.3) is 5.69 Å². The van der Waals surface area contributed by atoms with Gasteiger partial charge in [0.2, 0.25) is 5.91 Å². The first-order valence-corrected chi connectivity index (χ1v) is 14.7. The number of rotatable bonds is 8. The Labute approximate surface area is 242 Å². The predicted molar refractivity (Wildman–Crippen MR) is 161 cm³/mol. The third-order valence-corrected chi connectivity index (χ3v) is 7.90. The molecule has 41 heavy (non-hydrogen) atoms. The van der Waals surface area contributed by atoms with E-state index in [1.165, 1.54) is 10.1 Å². The van der Waals surface area contributed by atoms with Crippen LogP contribution in [0.3, 0.4) is 0 Å². The Morgan fingerprint density at radius 3 is 2.20 bits per heavy atom. The highest BCUT2D eigenvalue weighted by Crippen LogP contribution is 2.25. The molecular formula is C30H46N8O3. The fraction of sp³-hybridized carbons (Fsp3) is 0.600. The third-order valence-electron chi connectivity index (χ3n) is 7.90. The summed E-state index contributed by atoms with van der Waals surface area (Å²) in [4.78, 5) is 47.9. The topological polar surface area (TPSA) is 143 Å². The van der Waals surface area contributed by atoms with Crippen molar-refractivity contribution in [3.63, 3.8) is 0 Å². The molecule has 1 aliphatic heterocycles. The van der Waals surface area contributed by atoms with Crippen LogP contribution in [-0.4, -0.2) is 86.5 Å². The van der Waals surface area contributed by atoms with E-state index in [4.69, 9.17) is 11.5 Å². The molecule has 1 saturated heterocycles. The van der Waals surface area contributed by atoms with E-state index in [9.17, 15) is 14.4 Å². The molecule has 3 amide bonds. The van der Waals surface area contributed by atoms with Crippen LogP contribution in [0.4, 0.5) is 10.6 Å². The SMILES string of the molecule is CC(C)CN(Cc1ccc(-n2ccc(NC(=O)N3CCN(C(=O)C(C)(C)N)CC3)nc2=O)cc1)[C@H]1CC[C@H](N)CC1. The molecule has 224 valence electrons. The van der Waals surface area contributed by atoms with Gasteiger partial charge < -0.3 is 21.3 Å². The third kappa shape index (κ3) is 8.15. The maximum absolute atomic E-state index is 12.8. The van der Waals surface area contributed by atoms with Gasteiger partial charge in [-0.05, 0) is 69.2 Å².